The quantitative estimate of drug-likeness (QED) is 0.244. The number of ether oxygens (including phenoxy) is 2. The summed E-state index contributed by atoms with van der Waals surface area (Å²) < 4.78 is 11.0. The highest BCUT2D eigenvalue weighted by Gasteiger charge is 2.32. The van der Waals surface area contributed by atoms with Gasteiger partial charge in [-0.15, -0.1) is 0 Å². The second kappa shape index (κ2) is 11.1. The van der Waals surface area contributed by atoms with E-state index in [0.717, 1.165) is 21.4 Å². The SMILES string of the molecule is O=C(C(=O)c1sc(N2CCOCC2)nc1-c1ccccc1)c1sc(N2CCOCC2)nc1-c1ccccc1. The zero-order chi connectivity index (χ0) is 25.9. The largest absolute Gasteiger partial charge is 0.378 e. The molecule has 2 saturated heterocycles. The third kappa shape index (κ3) is 5.00. The van der Waals surface area contributed by atoms with Crippen LogP contribution in [0.3, 0.4) is 0 Å². The van der Waals surface area contributed by atoms with Crippen LogP contribution in [-0.2, 0) is 9.47 Å². The fourth-order valence-electron chi connectivity index (χ4n) is 4.49. The van der Waals surface area contributed by atoms with Crippen LogP contribution >= 0.6 is 22.7 Å². The summed E-state index contributed by atoms with van der Waals surface area (Å²) in [6, 6.07) is 19.1. The van der Waals surface area contributed by atoms with Gasteiger partial charge in [0.15, 0.2) is 10.3 Å². The van der Waals surface area contributed by atoms with Gasteiger partial charge in [0.1, 0.15) is 9.75 Å². The molecular formula is C28H26N4O4S2. The minimum absolute atomic E-state index is 0.350. The third-order valence-corrected chi connectivity index (χ3v) is 8.74. The number of Topliss-reactive ketones (excluding diaryl/α,β-unsaturated/α-hetero) is 2. The Morgan fingerprint density at radius 3 is 1.34 bits per heavy atom. The van der Waals surface area contributed by atoms with E-state index in [-0.39, 0.29) is 0 Å². The van der Waals surface area contributed by atoms with Crippen molar-refractivity contribution in [1.82, 2.24) is 9.97 Å². The van der Waals surface area contributed by atoms with Crippen molar-refractivity contribution >= 4 is 44.5 Å². The lowest BCUT2D eigenvalue weighted by Crippen LogP contribution is -2.36. The van der Waals surface area contributed by atoms with E-state index in [4.69, 9.17) is 19.4 Å². The first-order valence-electron chi connectivity index (χ1n) is 12.6. The Bertz CT molecular complexity index is 1320. The van der Waals surface area contributed by atoms with Crippen LogP contribution in [0, 0.1) is 0 Å². The lowest BCUT2D eigenvalue weighted by molar-refractivity contribution is 0.0822. The first-order valence-corrected chi connectivity index (χ1v) is 14.2. The van der Waals surface area contributed by atoms with Gasteiger partial charge in [-0.2, -0.15) is 0 Å². The highest BCUT2D eigenvalue weighted by Crippen LogP contribution is 2.38. The number of hydrogen-bond donors (Lipinski definition) is 0. The highest BCUT2D eigenvalue weighted by molar-refractivity contribution is 7.21. The number of anilines is 2. The fraction of sp³-hybridized carbons (Fsp3) is 0.286. The molecule has 8 nitrogen and oxygen atoms in total. The van der Waals surface area contributed by atoms with Crippen LogP contribution in [0.2, 0.25) is 0 Å². The lowest BCUT2D eigenvalue weighted by Gasteiger charge is -2.26. The molecule has 0 saturated carbocycles. The van der Waals surface area contributed by atoms with Gasteiger partial charge in [-0.25, -0.2) is 9.97 Å². The molecule has 0 unspecified atom stereocenters. The van der Waals surface area contributed by atoms with Crippen LogP contribution in [0.25, 0.3) is 22.5 Å². The zero-order valence-corrected chi connectivity index (χ0v) is 22.3. The molecule has 6 rings (SSSR count). The normalized spacial score (nSPS) is 16.0. The van der Waals surface area contributed by atoms with Crippen LogP contribution in [0.4, 0.5) is 10.3 Å². The van der Waals surface area contributed by atoms with E-state index in [2.05, 4.69) is 9.80 Å². The minimum atomic E-state index is -0.560. The van der Waals surface area contributed by atoms with E-state index in [9.17, 15) is 9.59 Å². The Hall–Kier alpha value is -3.44. The van der Waals surface area contributed by atoms with Crippen molar-refractivity contribution in [3.8, 4) is 22.5 Å². The summed E-state index contributed by atoms with van der Waals surface area (Å²) in [5, 5.41) is 1.45. The first-order chi connectivity index (χ1) is 18.7. The molecule has 194 valence electrons. The molecule has 0 bridgehead atoms. The van der Waals surface area contributed by atoms with E-state index in [1.54, 1.807) is 0 Å². The number of carbonyl (C=O) groups is 2. The Morgan fingerprint density at radius 1 is 0.605 bits per heavy atom. The topological polar surface area (TPSA) is 84.9 Å². The Kier molecular flexibility index (Phi) is 7.28. The molecule has 2 aromatic heterocycles. The molecule has 2 fully saturated rings. The summed E-state index contributed by atoms with van der Waals surface area (Å²) in [5.74, 6) is -1.12. The average molecular weight is 547 g/mol. The Labute approximate surface area is 228 Å². The second-order valence-electron chi connectivity index (χ2n) is 8.94. The van der Waals surface area contributed by atoms with Gasteiger partial charge in [0.05, 0.1) is 37.8 Å². The van der Waals surface area contributed by atoms with Gasteiger partial charge in [0.25, 0.3) is 0 Å². The van der Waals surface area contributed by atoms with E-state index < -0.39 is 11.6 Å². The van der Waals surface area contributed by atoms with Crippen LogP contribution in [-0.4, -0.2) is 74.1 Å². The van der Waals surface area contributed by atoms with Gasteiger partial charge in [-0.1, -0.05) is 83.3 Å². The maximum absolute atomic E-state index is 13.9. The van der Waals surface area contributed by atoms with E-state index in [1.165, 1.54) is 22.7 Å². The lowest BCUT2D eigenvalue weighted by atomic mass is 10.0. The summed E-state index contributed by atoms with van der Waals surface area (Å²) in [6.07, 6.45) is 0. The first kappa shape index (κ1) is 24.9. The molecule has 0 spiro atoms. The number of ketones is 2. The third-order valence-electron chi connectivity index (χ3n) is 6.51. The van der Waals surface area contributed by atoms with Gasteiger partial charge >= 0.3 is 0 Å². The molecule has 0 atom stereocenters. The molecule has 2 aliphatic rings. The maximum atomic E-state index is 13.9. The monoisotopic (exact) mass is 546 g/mol. The number of rotatable bonds is 7. The smallest absolute Gasteiger partial charge is 0.246 e. The second-order valence-corrected chi connectivity index (χ2v) is 10.9. The molecule has 38 heavy (non-hydrogen) atoms. The minimum Gasteiger partial charge on any atom is -0.378 e. The van der Waals surface area contributed by atoms with Gasteiger partial charge in [-0.05, 0) is 0 Å². The van der Waals surface area contributed by atoms with Gasteiger partial charge in [0.2, 0.25) is 11.6 Å². The summed E-state index contributed by atoms with van der Waals surface area (Å²) in [5.41, 5.74) is 2.69. The van der Waals surface area contributed by atoms with Crippen molar-refractivity contribution < 1.29 is 19.1 Å². The van der Waals surface area contributed by atoms with Crippen molar-refractivity contribution in [3.05, 3.63) is 70.4 Å². The Morgan fingerprint density at radius 2 is 0.974 bits per heavy atom. The van der Waals surface area contributed by atoms with Crippen molar-refractivity contribution in [2.45, 2.75) is 0 Å². The molecule has 4 heterocycles. The standard InChI is InChI=1S/C28H26N4O4S2/c33-23(25-21(19-7-3-1-4-8-19)29-27(37-25)31-11-15-35-16-12-31)24(34)26-22(20-9-5-2-6-10-20)30-28(38-26)32-13-17-36-18-14-32/h1-10H,11-18H2. The molecule has 0 aliphatic carbocycles. The van der Waals surface area contributed by atoms with Crippen LogP contribution in [0.1, 0.15) is 19.3 Å². The summed E-state index contributed by atoms with van der Waals surface area (Å²) in [6.45, 7) is 5.20. The van der Waals surface area contributed by atoms with E-state index >= 15 is 0 Å². The van der Waals surface area contributed by atoms with Crippen molar-refractivity contribution in [2.75, 3.05) is 62.4 Å². The Balaban J connectivity index is 1.40. The molecule has 0 N–H and O–H groups in total. The van der Waals surface area contributed by atoms with Gasteiger partial charge in [-0.3, -0.25) is 9.59 Å². The molecule has 0 amide bonds. The molecule has 0 radical (unpaired) electrons. The van der Waals surface area contributed by atoms with E-state index in [1.807, 2.05) is 60.7 Å². The van der Waals surface area contributed by atoms with Crippen LogP contribution in [0.15, 0.2) is 60.7 Å². The molecule has 4 aromatic rings. The number of nitrogens with zero attached hydrogens (tertiary/aromatic N) is 4. The number of aromatic nitrogens is 2. The summed E-state index contributed by atoms with van der Waals surface area (Å²) >= 11 is 2.55. The van der Waals surface area contributed by atoms with Crippen molar-refractivity contribution in [2.24, 2.45) is 0 Å². The summed E-state index contributed by atoms with van der Waals surface area (Å²) in [7, 11) is 0. The number of morpholine rings is 2. The zero-order valence-electron chi connectivity index (χ0n) is 20.7. The number of hydrogen-bond acceptors (Lipinski definition) is 10. The highest BCUT2D eigenvalue weighted by atomic mass is 32.1. The average Bonchev–Trinajstić information content (AvgIpc) is 3.64. The molecule has 10 heteroatoms. The summed E-state index contributed by atoms with van der Waals surface area (Å²) in [4.78, 5) is 42.5. The van der Waals surface area contributed by atoms with Crippen molar-refractivity contribution in [1.29, 1.82) is 0 Å². The molecule has 2 aliphatic heterocycles. The molecular weight excluding hydrogens is 520 g/mol. The van der Waals surface area contributed by atoms with Crippen molar-refractivity contribution in [3.63, 3.8) is 0 Å². The fourth-order valence-corrected chi connectivity index (χ4v) is 6.65. The van der Waals surface area contributed by atoms with Crippen LogP contribution in [0.5, 0.6) is 0 Å². The maximum Gasteiger partial charge on any atom is 0.246 e. The van der Waals surface area contributed by atoms with Crippen LogP contribution < -0.4 is 9.80 Å². The number of carbonyl (C=O) groups excluding carboxylic acids is 2. The van der Waals surface area contributed by atoms with E-state index in [0.29, 0.717) is 73.7 Å². The van der Waals surface area contributed by atoms with Gasteiger partial charge in [0, 0.05) is 37.3 Å². The number of thiazole rings is 2. The number of benzene rings is 2. The predicted molar refractivity (Wildman–Crippen MR) is 150 cm³/mol. The molecule has 2 aromatic carbocycles. The van der Waals surface area contributed by atoms with Gasteiger partial charge < -0.3 is 19.3 Å². The predicted octanol–water partition coefficient (Wildman–Crippen LogP) is 4.67.